The number of hydrogen-bond acceptors (Lipinski definition) is 3. The zero-order valence-corrected chi connectivity index (χ0v) is 11.6. The molecule has 0 aliphatic rings. The van der Waals surface area contributed by atoms with Crippen LogP contribution < -0.4 is 11.1 Å². The van der Waals surface area contributed by atoms with Crippen molar-refractivity contribution >= 4 is 35.0 Å². The van der Waals surface area contributed by atoms with Gasteiger partial charge in [-0.05, 0) is 37.5 Å². The van der Waals surface area contributed by atoms with E-state index in [9.17, 15) is 4.79 Å². The van der Waals surface area contributed by atoms with Gasteiger partial charge in [0, 0.05) is 6.04 Å². The lowest BCUT2D eigenvalue weighted by Gasteiger charge is -2.14. The van der Waals surface area contributed by atoms with Crippen molar-refractivity contribution in [2.24, 2.45) is 0 Å². The number of halogens is 1. The van der Waals surface area contributed by atoms with Crippen molar-refractivity contribution < 1.29 is 4.79 Å². The van der Waals surface area contributed by atoms with Gasteiger partial charge in [-0.2, -0.15) is 11.8 Å². The van der Waals surface area contributed by atoms with Gasteiger partial charge in [0.05, 0.1) is 16.3 Å². The Hall–Kier alpha value is -0.870. The number of rotatable bonds is 5. The van der Waals surface area contributed by atoms with E-state index in [0.717, 1.165) is 12.2 Å². The molecule has 17 heavy (non-hydrogen) atoms. The average Bonchev–Trinajstić information content (AvgIpc) is 2.29. The highest BCUT2D eigenvalue weighted by Crippen LogP contribution is 2.22. The fraction of sp³-hybridized carbons (Fsp3) is 0.417. The predicted molar refractivity (Wildman–Crippen MR) is 75.8 cm³/mol. The lowest BCUT2D eigenvalue weighted by Crippen LogP contribution is -2.33. The minimum absolute atomic E-state index is 0.133. The number of anilines is 1. The molecule has 94 valence electrons. The van der Waals surface area contributed by atoms with Crippen LogP contribution in [0.4, 0.5) is 5.69 Å². The average molecular weight is 273 g/mol. The number of carbonyl (C=O) groups excluding carboxylic acids is 1. The van der Waals surface area contributed by atoms with Crippen molar-refractivity contribution in [3.63, 3.8) is 0 Å². The molecular formula is C12H17ClN2OS. The summed E-state index contributed by atoms with van der Waals surface area (Å²) in [5.74, 6) is 0.852. The first kappa shape index (κ1) is 14.2. The Morgan fingerprint density at radius 3 is 2.94 bits per heavy atom. The monoisotopic (exact) mass is 272 g/mol. The van der Waals surface area contributed by atoms with Crippen LogP contribution in [0.15, 0.2) is 18.2 Å². The quantitative estimate of drug-likeness (QED) is 0.811. The number of benzene rings is 1. The van der Waals surface area contributed by atoms with Crippen molar-refractivity contribution in [2.75, 3.05) is 17.7 Å². The Balaban J connectivity index is 2.67. The van der Waals surface area contributed by atoms with Crippen LogP contribution >= 0.6 is 23.4 Å². The topological polar surface area (TPSA) is 55.1 Å². The molecule has 1 rings (SSSR count). The highest BCUT2D eigenvalue weighted by atomic mass is 35.5. The molecule has 0 aliphatic heterocycles. The number of amides is 1. The first-order chi connectivity index (χ1) is 8.06. The lowest BCUT2D eigenvalue weighted by molar-refractivity contribution is 0.0940. The first-order valence-corrected chi connectivity index (χ1v) is 7.17. The number of nitrogens with one attached hydrogen (secondary N) is 1. The van der Waals surface area contributed by atoms with E-state index in [4.69, 9.17) is 17.3 Å². The van der Waals surface area contributed by atoms with Gasteiger partial charge < -0.3 is 11.1 Å². The predicted octanol–water partition coefficient (Wildman–Crippen LogP) is 2.79. The van der Waals surface area contributed by atoms with E-state index in [-0.39, 0.29) is 11.9 Å². The SMILES string of the molecule is CSCCC(C)NC(=O)c1cccc(Cl)c1N. The summed E-state index contributed by atoms with van der Waals surface area (Å²) in [4.78, 5) is 11.9. The zero-order valence-electron chi connectivity index (χ0n) is 10.00. The molecule has 0 aliphatic carbocycles. The largest absolute Gasteiger partial charge is 0.397 e. The van der Waals surface area contributed by atoms with Crippen molar-refractivity contribution in [2.45, 2.75) is 19.4 Å². The standard InChI is InChI=1S/C12H17ClN2OS/c1-8(6-7-17-2)15-12(16)9-4-3-5-10(13)11(9)14/h3-5,8H,6-7,14H2,1-2H3,(H,15,16). The summed E-state index contributed by atoms with van der Waals surface area (Å²) in [6.07, 6.45) is 2.98. The molecule has 0 fully saturated rings. The van der Waals surface area contributed by atoms with Crippen molar-refractivity contribution in [1.82, 2.24) is 5.32 Å². The molecule has 1 aromatic rings. The van der Waals surface area contributed by atoms with Gasteiger partial charge in [-0.1, -0.05) is 17.7 Å². The van der Waals surface area contributed by atoms with Gasteiger partial charge in [0.2, 0.25) is 0 Å². The fourth-order valence-electron chi connectivity index (χ4n) is 1.40. The van der Waals surface area contributed by atoms with E-state index >= 15 is 0 Å². The molecule has 0 heterocycles. The smallest absolute Gasteiger partial charge is 0.253 e. The molecule has 0 bridgehead atoms. The molecule has 1 amide bonds. The van der Waals surface area contributed by atoms with Gasteiger partial charge in [0.25, 0.3) is 5.91 Å². The molecule has 1 unspecified atom stereocenters. The number of carbonyl (C=O) groups is 1. The molecule has 1 aromatic carbocycles. The minimum Gasteiger partial charge on any atom is -0.397 e. The zero-order chi connectivity index (χ0) is 12.8. The Morgan fingerprint density at radius 1 is 1.59 bits per heavy atom. The van der Waals surface area contributed by atoms with E-state index in [1.165, 1.54) is 0 Å². The van der Waals surface area contributed by atoms with E-state index in [2.05, 4.69) is 5.32 Å². The van der Waals surface area contributed by atoms with E-state index in [0.29, 0.717) is 16.3 Å². The second-order valence-electron chi connectivity index (χ2n) is 3.86. The molecule has 0 saturated carbocycles. The summed E-state index contributed by atoms with van der Waals surface area (Å²) in [6.45, 7) is 1.98. The van der Waals surface area contributed by atoms with Gasteiger partial charge in [0.1, 0.15) is 0 Å². The van der Waals surface area contributed by atoms with Gasteiger partial charge >= 0.3 is 0 Å². The van der Waals surface area contributed by atoms with E-state index in [1.807, 2.05) is 13.2 Å². The molecule has 1 atom stereocenters. The van der Waals surface area contributed by atoms with Crippen molar-refractivity contribution in [3.8, 4) is 0 Å². The van der Waals surface area contributed by atoms with Gasteiger partial charge in [0.15, 0.2) is 0 Å². The summed E-state index contributed by atoms with van der Waals surface area (Å²) in [5.41, 5.74) is 6.54. The first-order valence-electron chi connectivity index (χ1n) is 5.40. The van der Waals surface area contributed by atoms with Gasteiger partial charge in [-0.25, -0.2) is 0 Å². The maximum absolute atomic E-state index is 11.9. The number of para-hydroxylation sites is 1. The van der Waals surface area contributed by atoms with Crippen LogP contribution in [0.2, 0.25) is 5.02 Å². The Bertz CT molecular complexity index is 398. The van der Waals surface area contributed by atoms with Gasteiger partial charge in [-0.15, -0.1) is 0 Å². The van der Waals surface area contributed by atoms with Gasteiger partial charge in [-0.3, -0.25) is 4.79 Å². The number of nitrogens with two attached hydrogens (primary N) is 1. The summed E-state index contributed by atoms with van der Waals surface area (Å²) in [7, 11) is 0. The molecule has 3 N–H and O–H groups in total. The van der Waals surface area contributed by atoms with Crippen molar-refractivity contribution in [3.05, 3.63) is 28.8 Å². The molecule has 5 heteroatoms. The summed E-state index contributed by atoms with van der Waals surface area (Å²) < 4.78 is 0. The van der Waals surface area contributed by atoms with Crippen molar-refractivity contribution in [1.29, 1.82) is 0 Å². The number of thioether (sulfide) groups is 1. The van der Waals surface area contributed by atoms with Crippen LogP contribution in [0.25, 0.3) is 0 Å². The maximum atomic E-state index is 11.9. The molecule has 0 aromatic heterocycles. The second-order valence-corrected chi connectivity index (χ2v) is 5.25. The third kappa shape index (κ3) is 4.13. The summed E-state index contributed by atoms with van der Waals surface area (Å²) in [5, 5.41) is 3.32. The van der Waals surface area contributed by atoms with E-state index in [1.54, 1.807) is 30.0 Å². The van der Waals surface area contributed by atoms with Crippen LogP contribution in [0.1, 0.15) is 23.7 Å². The van der Waals surface area contributed by atoms with Crippen LogP contribution in [0, 0.1) is 0 Å². The Labute approximate surface area is 111 Å². The molecule has 0 saturated heterocycles. The number of nitrogen functional groups attached to an aromatic ring is 1. The van der Waals surface area contributed by atoms with E-state index < -0.39 is 0 Å². The molecular weight excluding hydrogens is 256 g/mol. The Morgan fingerprint density at radius 2 is 2.29 bits per heavy atom. The number of hydrogen-bond donors (Lipinski definition) is 2. The van der Waals surface area contributed by atoms with Crippen LogP contribution in [0.3, 0.4) is 0 Å². The molecule has 3 nitrogen and oxygen atoms in total. The summed E-state index contributed by atoms with van der Waals surface area (Å²) >= 11 is 7.63. The third-order valence-corrected chi connectivity index (χ3v) is 3.40. The Kier molecular flexibility index (Phi) is 5.65. The van der Waals surface area contributed by atoms with Crippen LogP contribution in [-0.4, -0.2) is 24.0 Å². The maximum Gasteiger partial charge on any atom is 0.253 e. The molecule has 0 spiro atoms. The second kappa shape index (κ2) is 6.77. The van der Waals surface area contributed by atoms with Crippen LogP contribution in [-0.2, 0) is 0 Å². The highest BCUT2D eigenvalue weighted by Gasteiger charge is 2.13. The molecule has 0 radical (unpaired) electrons. The lowest BCUT2D eigenvalue weighted by atomic mass is 10.1. The summed E-state index contributed by atoms with van der Waals surface area (Å²) in [6, 6.07) is 5.20. The fourth-order valence-corrected chi connectivity index (χ4v) is 2.17. The minimum atomic E-state index is -0.168. The highest BCUT2D eigenvalue weighted by molar-refractivity contribution is 7.98. The normalized spacial score (nSPS) is 12.2. The third-order valence-electron chi connectivity index (χ3n) is 2.43. The van der Waals surface area contributed by atoms with Crippen LogP contribution in [0.5, 0.6) is 0 Å².